The summed E-state index contributed by atoms with van der Waals surface area (Å²) in [7, 11) is 0. The van der Waals surface area contributed by atoms with Crippen molar-refractivity contribution < 1.29 is 0 Å². The van der Waals surface area contributed by atoms with Crippen LogP contribution in [0.3, 0.4) is 0 Å². The molecule has 10 heteroatoms. The van der Waals surface area contributed by atoms with Gasteiger partial charge in [-0.3, -0.25) is 0 Å². The number of benzene rings is 16. The molecule has 0 saturated carbocycles. The van der Waals surface area contributed by atoms with Gasteiger partial charge in [-0.1, -0.05) is 388 Å². The molecule has 0 aliphatic heterocycles. The van der Waals surface area contributed by atoms with Crippen molar-refractivity contribution in [3.8, 4) is 181 Å². The Kier molecular flexibility index (Phi) is 19.6. The van der Waals surface area contributed by atoms with Crippen molar-refractivity contribution in [3.63, 3.8) is 0 Å². The maximum Gasteiger partial charge on any atom is 0.164 e. The zero-order valence-electron chi connectivity index (χ0n) is 62.9. The van der Waals surface area contributed by atoms with E-state index in [4.69, 9.17) is 49.8 Å². The van der Waals surface area contributed by atoms with Gasteiger partial charge < -0.3 is 0 Å². The SMILES string of the molecule is c1ccc(-c2cc(-c3cccc(-c4ccc(-c5nc(-c6ccccc6)nc(-c6ccc7c(ccc8ccccc87)c6)n5)cc4)c3)nc(-c3ccccc3)n2)cc1.c1ccc(-c2cccc(-c3ccccc3-c3nc(-c4ccccc4)cc(-c4cccc(-c5ccc(-c6nc(-c7ccccc7)nc(-c7ccccc7)n6)cc5)c4)n3)c2)cc1. The summed E-state index contributed by atoms with van der Waals surface area (Å²) in [4.78, 5) is 50.3. The predicted octanol–water partition coefficient (Wildman–Crippen LogP) is 26.3. The molecule has 0 bridgehead atoms. The van der Waals surface area contributed by atoms with Gasteiger partial charge in [0.2, 0.25) is 0 Å². The predicted molar refractivity (Wildman–Crippen MR) is 473 cm³/mol. The van der Waals surface area contributed by atoms with Crippen LogP contribution in [0.1, 0.15) is 0 Å². The van der Waals surface area contributed by atoms with Gasteiger partial charge in [-0.2, -0.15) is 0 Å². The fourth-order valence-electron chi connectivity index (χ4n) is 14.7. The van der Waals surface area contributed by atoms with Crippen molar-refractivity contribution >= 4 is 21.5 Å². The molecule has 0 spiro atoms. The summed E-state index contributed by atoms with van der Waals surface area (Å²) in [5.74, 6) is 5.15. The van der Waals surface area contributed by atoms with Crippen LogP contribution in [0.25, 0.3) is 202 Å². The molecule has 116 heavy (non-hydrogen) atoms. The highest BCUT2D eigenvalue weighted by atomic mass is 15.0. The zero-order valence-corrected chi connectivity index (χ0v) is 62.9. The largest absolute Gasteiger partial charge is 0.228 e. The summed E-state index contributed by atoms with van der Waals surface area (Å²) in [5, 5.41) is 4.80. The molecule has 0 atom stereocenters. The Labute approximate surface area is 672 Å². The second kappa shape index (κ2) is 32.3. The van der Waals surface area contributed by atoms with E-state index < -0.39 is 0 Å². The Balaban J connectivity index is 0.000000155. The summed E-state index contributed by atoms with van der Waals surface area (Å²) in [6, 6.07) is 146. The Morgan fingerprint density at radius 2 is 0.371 bits per heavy atom. The first-order valence-corrected chi connectivity index (χ1v) is 38.7. The van der Waals surface area contributed by atoms with Crippen molar-refractivity contribution in [2.24, 2.45) is 0 Å². The summed E-state index contributed by atoms with van der Waals surface area (Å²) >= 11 is 0. The van der Waals surface area contributed by atoms with Crippen LogP contribution in [-0.4, -0.2) is 49.8 Å². The van der Waals surface area contributed by atoms with Gasteiger partial charge in [-0.25, -0.2) is 49.8 Å². The highest BCUT2D eigenvalue weighted by Crippen LogP contribution is 2.39. The van der Waals surface area contributed by atoms with Gasteiger partial charge in [0.1, 0.15) is 0 Å². The van der Waals surface area contributed by atoms with E-state index in [1.807, 2.05) is 164 Å². The monoisotopic (exact) mass is 1480 g/mol. The van der Waals surface area contributed by atoms with Crippen molar-refractivity contribution in [1.82, 2.24) is 49.8 Å². The molecule has 4 heterocycles. The molecule has 0 amide bonds. The van der Waals surface area contributed by atoms with Crippen LogP contribution in [-0.2, 0) is 0 Å². The molecule has 20 aromatic rings. The van der Waals surface area contributed by atoms with Crippen LogP contribution in [0.4, 0.5) is 0 Å². The molecule has 0 aliphatic rings. The molecule has 10 nitrogen and oxygen atoms in total. The van der Waals surface area contributed by atoms with Crippen LogP contribution in [0.2, 0.25) is 0 Å². The molecule has 4 aromatic heterocycles. The fourth-order valence-corrected chi connectivity index (χ4v) is 14.7. The van der Waals surface area contributed by atoms with Crippen LogP contribution in [0.5, 0.6) is 0 Å². The lowest BCUT2D eigenvalue weighted by Gasteiger charge is -2.14. The quantitative estimate of drug-likeness (QED) is 0.0862. The lowest BCUT2D eigenvalue weighted by atomic mass is 9.95. The van der Waals surface area contributed by atoms with E-state index in [1.165, 1.54) is 21.7 Å². The van der Waals surface area contributed by atoms with Gasteiger partial charge >= 0.3 is 0 Å². The minimum Gasteiger partial charge on any atom is -0.228 e. The highest BCUT2D eigenvalue weighted by molar-refractivity contribution is 6.08. The first kappa shape index (κ1) is 70.6. The summed E-state index contributed by atoms with van der Waals surface area (Å²) in [6.45, 7) is 0. The average molecular weight is 1480 g/mol. The third kappa shape index (κ3) is 15.3. The number of aromatic nitrogens is 10. The number of fused-ring (bicyclic) bond motifs is 3. The first-order chi connectivity index (χ1) is 57.4. The Morgan fingerprint density at radius 3 is 0.802 bits per heavy atom. The summed E-state index contributed by atoms with van der Waals surface area (Å²) < 4.78 is 0. The zero-order chi connectivity index (χ0) is 77.4. The molecule has 0 unspecified atom stereocenters. The van der Waals surface area contributed by atoms with Crippen LogP contribution in [0.15, 0.2) is 425 Å². The third-order valence-corrected chi connectivity index (χ3v) is 20.7. The van der Waals surface area contributed by atoms with E-state index in [-0.39, 0.29) is 0 Å². The molecular formula is C106H70N10. The van der Waals surface area contributed by atoms with E-state index >= 15 is 0 Å². The van der Waals surface area contributed by atoms with E-state index in [0.29, 0.717) is 46.6 Å². The number of hydrogen-bond acceptors (Lipinski definition) is 10. The van der Waals surface area contributed by atoms with Gasteiger partial charge in [0, 0.05) is 66.8 Å². The van der Waals surface area contributed by atoms with Gasteiger partial charge in [0.05, 0.1) is 22.8 Å². The van der Waals surface area contributed by atoms with Gasteiger partial charge in [-0.05, 0) is 102 Å². The fraction of sp³-hybridized carbons (Fsp3) is 0. The number of nitrogens with zero attached hydrogens (tertiary/aromatic N) is 10. The molecule has 0 N–H and O–H groups in total. The second-order valence-electron chi connectivity index (χ2n) is 28.3. The molecule has 20 rings (SSSR count). The highest BCUT2D eigenvalue weighted by Gasteiger charge is 2.20. The molecule has 0 aliphatic carbocycles. The van der Waals surface area contributed by atoms with E-state index in [2.05, 4.69) is 261 Å². The minimum atomic E-state index is 0.621. The summed E-state index contributed by atoms with van der Waals surface area (Å²) in [6.07, 6.45) is 0. The Bertz CT molecular complexity index is 6780. The second-order valence-corrected chi connectivity index (χ2v) is 28.3. The number of rotatable bonds is 16. The maximum atomic E-state index is 5.29. The van der Waals surface area contributed by atoms with Crippen molar-refractivity contribution in [2.45, 2.75) is 0 Å². The smallest absolute Gasteiger partial charge is 0.164 e. The van der Waals surface area contributed by atoms with Crippen LogP contribution >= 0.6 is 0 Å². The third-order valence-electron chi connectivity index (χ3n) is 20.7. The maximum absolute atomic E-state index is 5.29. The van der Waals surface area contributed by atoms with E-state index in [0.717, 1.165) is 134 Å². The van der Waals surface area contributed by atoms with Gasteiger partial charge in [0.15, 0.2) is 46.6 Å². The minimum absolute atomic E-state index is 0.621. The van der Waals surface area contributed by atoms with E-state index in [1.54, 1.807) is 0 Å². The standard InChI is InChI=1S/C55H37N5.C51H33N5/c1-5-17-38(18-6-1)44-25-15-27-46(35-44)48-29-13-14-30-49(48)55-56-50(40-19-7-2-8-20-40)37-51(57-55)47-28-16-26-45(36-47)39-31-33-43(34-32-39)54-59-52(41-21-9-3-10-22-41)58-53(60-54)42-23-11-4-12-24-42;1-4-14-36(15-5-1)46-33-47(53-48(52-46)37-16-6-2-7-17-37)42-21-12-20-40(31-42)34-23-26-39(27-24-34)50-54-49(38-18-8-3-9-19-38)55-51(56-50)43-29-30-45-41(32-43)28-25-35-13-10-11-22-44(35)45/h1-37H;1-33H. The van der Waals surface area contributed by atoms with Crippen molar-refractivity contribution in [2.75, 3.05) is 0 Å². The molecule has 16 aromatic carbocycles. The van der Waals surface area contributed by atoms with Crippen molar-refractivity contribution in [1.29, 1.82) is 0 Å². The van der Waals surface area contributed by atoms with Gasteiger partial charge in [0.25, 0.3) is 0 Å². The van der Waals surface area contributed by atoms with E-state index in [9.17, 15) is 0 Å². The van der Waals surface area contributed by atoms with Gasteiger partial charge in [-0.15, -0.1) is 0 Å². The molecule has 0 saturated heterocycles. The Morgan fingerprint density at radius 1 is 0.112 bits per heavy atom. The normalized spacial score (nSPS) is 11.1. The number of hydrogen-bond donors (Lipinski definition) is 0. The first-order valence-electron chi connectivity index (χ1n) is 38.7. The molecule has 544 valence electrons. The molecule has 0 radical (unpaired) electrons. The van der Waals surface area contributed by atoms with Crippen LogP contribution in [0, 0.1) is 0 Å². The molecular weight excluding hydrogens is 1410 g/mol. The lowest BCUT2D eigenvalue weighted by molar-refractivity contribution is 1.07. The summed E-state index contributed by atoms with van der Waals surface area (Å²) in [5.41, 5.74) is 23.9. The topological polar surface area (TPSA) is 129 Å². The van der Waals surface area contributed by atoms with Crippen LogP contribution < -0.4 is 0 Å². The average Bonchev–Trinajstić information content (AvgIpc) is 0.774. The van der Waals surface area contributed by atoms with Crippen molar-refractivity contribution in [3.05, 3.63) is 425 Å². The Hall–Kier alpha value is -15.8. The molecule has 0 fully saturated rings. The lowest BCUT2D eigenvalue weighted by Crippen LogP contribution is -2.00.